The Labute approximate surface area is 269 Å². The number of nitrogens with one attached hydrogen (secondary N) is 3. The van der Waals surface area contributed by atoms with Crippen molar-refractivity contribution in [3.63, 3.8) is 0 Å². The third-order valence-electron chi connectivity index (χ3n) is 7.96. The molecule has 1 aromatic heterocycles. The number of halogens is 5. The number of carbonyl (C=O) groups excluding carboxylic acids is 2. The van der Waals surface area contributed by atoms with Gasteiger partial charge in [0.1, 0.15) is 29.9 Å². The Morgan fingerprint density at radius 1 is 1.21 bits per heavy atom. The second-order valence-electron chi connectivity index (χ2n) is 10.8. The van der Waals surface area contributed by atoms with E-state index in [9.17, 15) is 42.3 Å². The fraction of sp³-hybridized carbons (Fsp3) is 0.367. The van der Waals surface area contributed by atoms with Gasteiger partial charge in [-0.05, 0) is 43.2 Å². The second-order valence-corrected chi connectivity index (χ2v) is 11.3. The fourth-order valence-electron chi connectivity index (χ4n) is 5.74. The van der Waals surface area contributed by atoms with Crippen LogP contribution < -0.4 is 10.6 Å². The third-order valence-corrected chi connectivity index (χ3v) is 8.25. The minimum atomic E-state index is -4.94. The Hall–Kier alpha value is -5.04. The molecule has 1 fully saturated rings. The molecule has 0 spiro atoms. The van der Waals surface area contributed by atoms with Crippen molar-refractivity contribution >= 4 is 41.1 Å². The van der Waals surface area contributed by atoms with Crippen molar-refractivity contribution in [2.45, 2.75) is 56.5 Å². The average molecular weight is 679 g/mol. The van der Waals surface area contributed by atoms with Gasteiger partial charge >= 0.3 is 24.3 Å². The lowest BCUT2D eigenvalue weighted by atomic mass is 9.96. The van der Waals surface area contributed by atoms with Crippen LogP contribution in [0, 0.1) is 17.1 Å². The number of alkyl halides is 3. The van der Waals surface area contributed by atoms with E-state index in [0.717, 1.165) is 6.07 Å². The van der Waals surface area contributed by atoms with Crippen LogP contribution in [0.2, 0.25) is 5.02 Å². The van der Waals surface area contributed by atoms with Crippen molar-refractivity contribution < 1.29 is 46.5 Å². The standard InChI is InChI=1S/C30H27ClF4N6O6/c1-46-28(44)37-14-6-7-15-19(12-14)38-18(27(42)43)4-2-3-5-21(26-39-20(13-36)25(15)40-26)41-11-10-22(47-29(41)45)23-16(30(33,34)35)8-9-17(31)24(23)32/h6-9,12,18,21-22,38H,2-5,10-11H2,1H3,(H,37,44)(H,39,40)(H,42,43)/t18?,21-,22?/m0/s1. The molecule has 2 bridgehead atoms. The molecule has 2 amide bonds. The van der Waals surface area contributed by atoms with Crippen molar-refractivity contribution in [2.24, 2.45) is 0 Å². The zero-order valence-electron chi connectivity index (χ0n) is 24.6. The summed E-state index contributed by atoms with van der Waals surface area (Å²) in [5, 5.41) is 24.8. The Bertz CT molecular complexity index is 1760. The average Bonchev–Trinajstić information content (AvgIpc) is 3.45. The van der Waals surface area contributed by atoms with E-state index < -0.39 is 64.5 Å². The molecular weight excluding hydrogens is 652 g/mol. The zero-order chi connectivity index (χ0) is 34.0. The molecule has 0 saturated carbocycles. The summed E-state index contributed by atoms with van der Waals surface area (Å²) < 4.78 is 66.3. The number of fused-ring (bicyclic) bond motifs is 4. The summed E-state index contributed by atoms with van der Waals surface area (Å²) in [7, 11) is 1.18. The molecule has 12 nitrogen and oxygen atoms in total. The number of aromatic amines is 1. The molecule has 2 unspecified atom stereocenters. The van der Waals surface area contributed by atoms with Crippen LogP contribution >= 0.6 is 11.6 Å². The first-order valence-corrected chi connectivity index (χ1v) is 14.7. The molecule has 47 heavy (non-hydrogen) atoms. The summed E-state index contributed by atoms with van der Waals surface area (Å²) in [6.45, 7) is -0.159. The number of rotatable bonds is 4. The van der Waals surface area contributed by atoms with E-state index in [0.29, 0.717) is 24.5 Å². The van der Waals surface area contributed by atoms with E-state index in [2.05, 4.69) is 25.3 Å². The number of hydrogen-bond acceptors (Lipinski definition) is 8. The van der Waals surface area contributed by atoms with Crippen LogP contribution in [0.5, 0.6) is 0 Å². The fourth-order valence-corrected chi connectivity index (χ4v) is 5.90. The summed E-state index contributed by atoms with van der Waals surface area (Å²) in [5.41, 5.74) is -1.23. The first-order valence-electron chi connectivity index (χ1n) is 14.3. The maximum atomic E-state index is 15.0. The molecule has 248 valence electrons. The molecule has 5 rings (SSSR count). The van der Waals surface area contributed by atoms with Crippen LogP contribution in [0.3, 0.4) is 0 Å². The number of carbonyl (C=O) groups is 3. The zero-order valence-corrected chi connectivity index (χ0v) is 25.3. The lowest BCUT2D eigenvalue weighted by Crippen LogP contribution is -2.42. The maximum Gasteiger partial charge on any atom is 0.416 e. The van der Waals surface area contributed by atoms with Gasteiger partial charge < -0.3 is 24.9 Å². The van der Waals surface area contributed by atoms with Crippen LogP contribution in [-0.2, 0) is 20.4 Å². The number of aliphatic carboxylic acids is 1. The highest BCUT2D eigenvalue weighted by Gasteiger charge is 2.42. The van der Waals surface area contributed by atoms with E-state index in [1.807, 2.05) is 6.07 Å². The van der Waals surface area contributed by atoms with Crippen LogP contribution in [0.25, 0.3) is 11.3 Å². The number of carboxylic acids is 1. The smallest absolute Gasteiger partial charge is 0.416 e. The van der Waals surface area contributed by atoms with Crippen LogP contribution in [0.1, 0.15) is 66.9 Å². The molecule has 1 saturated heterocycles. The summed E-state index contributed by atoms with van der Waals surface area (Å²) in [4.78, 5) is 46.1. The number of hydrogen-bond donors (Lipinski definition) is 4. The number of methoxy groups -OCH3 is 1. The van der Waals surface area contributed by atoms with Crippen molar-refractivity contribution in [2.75, 3.05) is 24.3 Å². The molecule has 0 radical (unpaired) electrons. The highest BCUT2D eigenvalue weighted by molar-refractivity contribution is 6.30. The SMILES string of the molecule is COC(=O)Nc1ccc2c(c1)NC(C(=O)O)CCCC[C@H](N1CCC(c3c(C(F)(F)F)ccc(Cl)c3F)OC1=O)c1nc(C#N)c-2[nH]1. The van der Waals surface area contributed by atoms with Crippen molar-refractivity contribution in [1.29, 1.82) is 5.26 Å². The summed E-state index contributed by atoms with van der Waals surface area (Å²) in [5.74, 6) is -2.31. The van der Waals surface area contributed by atoms with Gasteiger partial charge in [0.2, 0.25) is 0 Å². The first kappa shape index (κ1) is 33.3. The van der Waals surface area contributed by atoms with E-state index in [-0.39, 0.29) is 54.4 Å². The number of amides is 2. The quantitative estimate of drug-likeness (QED) is 0.212. The first-order chi connectivity index (χ1) is 22.3. The maximum absolute atomic E-state index is 15.0. The number of aromatic nitrogens is 2. The number of cyclic esters (lactones) is 1. The number of benzene rings is 2. The topological polar surface area (TPSA) is 170 Å². The molecule has 3 aromatic rings. The predicted octanol–water partition coefficient (Wildman–Crippen LogP) is 7.00. The van der Waals surface area contributed by atoms with Gasteiger partial charge in [-0.1, -0.05) is 24.4 Å². The minimum absolute atomic E-state index is 0.0908. The van der Waals surface area contributed by atoms with Crippen LogP contribution in [-0.4, -0.2) is 57.8 Å². The number of anilines is 2. The number of imidazole rings is 1. The number of H-pyrrole nitrogens is 1. The van der Waals surface area contributed by atoms with Crippen molar-refractivity contribution in [3.8, 4) is 17.3 Å². The Kier molecular flexibility index (Phi) is 9.48. The number of carboxylic acid groups (broad SMARTS) is 1. The van der Waals surface area contributed by atoms with Crippen LogP contribution in [0.15, 0.2) is 30.3 Å². The van der Waals surface area contributed by atoms with E-state index >= 15 is 0 Å². The van der Waals surface area contributed by atoms with Gasteiger partial charge in [-0.15, -0.1) is 0 Å². The second kappa shape index (κ2) is 13.4. The van der Waals surface area contributed by atoms with E-state index in [1.165, 1.54) is 30.2 Å². The van der Waals surface area contributed by atoms with Gasteiger partial charge in [0, 0.05) is 35.5 Å². The number of ether oxygens (including phenoxy) is 2. The Balaban J connectivity index is 1.52. The van der Waals surface area contributed by atoms with Crippen molar-refractivity contribution in [1.82, 2.24) is 14.9 Å². The third kappa shape index (κ3) is 6.89. The molecule has 2 aliphatic heterocycles. The normalized spacial score (nSPS) is 20.0. The van der Waals surface area contributed by atoms with Gasteiger partial charge in [-0.2, -0.15) is 18.4 Å². The summed E-state index contributed by atoms with van der Waals surface area (Å²) in [6, 6.07) is 5.97. The summed E-state index contributed by atoms with van der Waals surface area (Å²) in [6.07, 6.45) is -7.42. The highest BCUT2D eigenvalue weighted by Crippen LogP contribution is 2.43. The highest BCUT2D eigenvalue weighted by atomic mass is 35.5. The molecule has 2 aromatic carbocycles. The van der Waals surface area contributed by atoms with Gasteiger partial charge in [-0.25, -0.2) is 23.8 Å². The number of nitrogens with zero attached hydrogens (tertiary/aromatic N) is 3. The predicted molar refractivity (Wildman–Crippen MR) is 158 cm³/mol. The Morgan fingerprint density at radius 3 is 2.62 bits per heavy atom. The van der Waals surface area contributed by atoms with Crippen LogP contribution in [0.4, 0.5) is 38.5 Å². The molecule has 2 aliphatic rings. The molecule has 0 aliphatic carbocycles. The lowest BCUT2D eigenvalue weighted by molar-refractivity contribution is -0.140. The molecule has 4 N–H and O–H groups in total. The minimum Gasteiger partial charge on any atom is -0.480 e. The molecular formula is C30H27ClF4N6O6. The van der Waals surface area contributed by atoms with Gasteiger partial charge in [0.15, 0.2) is 5.69 Å². The molecule has 3 atom stereocenters. The van der Waals surface area contributed by atoms with E-state index in [4.69, 9.17) is 16.3 Å². The molecule has 17 heteroatoms. The van der Waals surface area contributed by atoms with Crippen molar-refractivity contribution in [3.05, 3.63) is 63.8 Å². The van der Waals surface area contributed by atoms with Gasteiger partial charge in [0.05, 0.1) is 29.4 Å². The molecule has 3 heterocycles. The van der Waals surface area contributed by atoms with Gasteiger partial charge in [0.25, 0.3) is 0 Å². The summed E-state index contributed by atoms with van der Waals surface area (Å²) >= 11 is 5.79. The Morgan fingerprint density at radius 2 is 1.96 bits per heavy atom. The van der Waals surface area contributed by atoms with Gasteiger partial charge in [-0.3, -0.25) is 10.2 Å². The number of nitriles is 1. The van der Waals surface area contributed by atoms with E-state index in [1.54, 1.807) is 0 Å². The monoisotopic (exact) mass is 678 g/mol. The largest absolute Gasteiger partial charge is 0.480 e. The lowest BCUT2D eigenvalue weighted by Gasteiger charge is -2.37.